The Morgan fingerprint density at radius 3 is 1.96 bits per heavy atom. The maximum Gasteiger partial charge on any atom is 0.323 e. The lowest BCUT2D eigenvalue weighted by Crippen LogP contribution is -2.19. The molecule has 0 fully saturated rings. The van der Waals surface area contributed by atoms with Gasteiger partial charge in [0, 0.05) is 17.1 Å². The summed E-state index contributed by atoms with van der Waals surface area (Å²) in [6.07, 6.45) is 0. The van der Waals surface area contributed by atoms with Crippen LogP contribution in [0.4, 0.5) is 38.9 Å². The van der Waals surface area contributed by atoms with Gasteiger partial charge in [0.2, 0.25) is 0 Å². The van der Waals surface area contributed by atoms with Gasteiger partial charge in [-0.15, -0.1) is 0 Å². The summed E-state index contributed by atoms with van der Waals surface area (Å²) in [6.45, 7) is 1.74. The molecule has 0 saturated heterocycles. The minimum absolute atomic E-state index is 0.0675. The number of nitrogens with zero attached hydrogens (tertiary/aromatic N) is 4. The van der Waals surface area contributed by atoms with Crippen LogP contribution in [-0.2, 0) is 30.4 Å². The molecule has 20 heteroatoms. The summed E-state index contributed by atoms with van der Waals surface area (Å²) >= 11 is 0. The summed E-state index contributed by atoms with van der Waals surface area (Å²) in [5.41, 5.74) is 2.23. The minimum Gasteiger partial charge on any atom is -0.494 e. The zero-order valence-corrected chi connectivity index (χ0v) is 28.7. The normalized spacial score (nSPS) is 12.4. The highest BCUT2D eigenvalue weighted by molar-refractivity contribution is 7.87. The summed E-state index contributed by atoms with van der Waals surface area (Å²) < 4.78 is 104. The first-order valence-corrected chi connectivity index (χ1v) is 18.5. The third kappa shape index (κ3) is 9.13. The number of fused-ring (bicyclic) bond motifs is 1. The van der Waals surface area contributed by atoms with E-state index in [1.165, 1.54) is 67.8 Å². The lowest BCUT2D eigenvalue weighted by atomic mass is 10.1. The molecule has 0 radical (unpaired) electrons. The first-order valence-electron chi connectivity index (χ1n) is 14.2. The summed E-state index contributed by atoms with van der Waals surface area (Å²) in [7, 11) is -12.7. The van der Waals surface area contributed by atoms with Crippen molar-refractivity contribution in [1.29, 1.82) is 0 Å². The van der Waals surface area contributed by atoms with Crippen molar-refractivity contribution >= 4 is 81.3 Å². The number of amides is 2. The average molecular weight is 755 g/mol. The second-order valence-electron chi connectivity index (χ2n) is 10.6. The van der Waals surface area contributed by atoms with E-state index in [4.69, 9.17) is 4.74 Å². The van der Waals surface area contributed by atoms with Crippen molar-refractivity contribution in [1.82, 2.24) is 0 Å². The maximum absolute atomic E-state index is 12.9. The Kier molecular flexibility index (Phi) is 10.3. The number of aryl methyl sites for hydroxylation is 1. The lowest BCUT2D eigenvalue weighted by Gasteiger charge is -2.12. The van der Waals surface area contributed by atoms with Gasteiger partial charge in [-0.3, -0.25) is 13.7 Å². The van der Waals surface area contributed by atoms with E-state index in [0.717, 1.165) is 12.1 Å². The first kappa shape index (κ1) is 36.6. The largest absolute Gasteiger partial charge is 0.494 e. The number of benzene rings is 5. The molecule has 0 aliphatic heterocycles. The van der Waals surface area contributed by atoms with E-state index >= 15 is 0 Å². The first-order chi connectivity index (χ1) is 23.9. The second kappa shape index (κ2) is 14.3. The molecule has 5 N–H and O–H groups in total. The molecule has 5 aromatic rings. The van der Waals surface area contributed by atoms with Crippen molar-refractivity contribution < 1.29 is 48.4 Å². The minimum atomic E-state index is -4.90. The number of anilines is 2. The van der Waals surface area contributed by atoms with Crippen molar-refractivity contribution in [3.8, 4) is 5.75 Å². The Hall–Kier alpha value is -5.64. The van der Waals surface area contributed by atoms with E-state index in [-0.39, 0.29) is 38.5 Å². The summed E-state index contributed by atoms with van der Waals surface area (Å²) in [5, 5.41) is 21.7. The van der Waals surface area contributed by atoms with Crippen molar-refractivity contribution in [2.75, 3.05) is 17.7 Å². The third-order valence-electron chi connectivity index (χ3n) is 7.02. The Labute approximate surface area is 291 Å². The SMILES string of the molecule is COc1cc(N=Nc2cccc(S(=O)(=O)O)c2)ccc1NC(=O)Nc1ccc(C)c(N=Nc2ccc3cc(S(=O)(=O)O)cc(S(=O)(=O)O)c3c2)c1. The summed E-state index contributed by atoms with van der Waals surface area (Å²) in [6, 6.07) is 19.6. The van der Waals surface area contributed by atoms with Crippen LogP contribution < -0.4 is 15.4 Å². The van der Waals surface area contributed by atoms with E-state index in [0.29, 0.717) is 28.7 Å². The van der Waals surface area contributed by atoms with Crippen molar-refractivity contribution in [3.63, 3.8) is 0 Å². The average Bonchev–Trinajstić information content (AvgIpc) is 3.06. The van der Waals surface area contributed by atoms with Gasteiger partial charge in [0.15, 0.2) is 0 Å². The van der Waals surface area contributed by atoms with E-state index in [1.54, 1.807) is 19.1 Å². The molecule has 0 saturated carbocycles. The van der Waals surface area contributed by atoms with Crippen LogP contribution in [0.15, 0.2) is 126 Å². The van der Waals surface area contributed by atoms with Crippen LogP contribution in [0.2, 0.25) is 0 Å². The number of hydrogen-bond donors (Lipinski definition) is 5. The zero-order chi connectivity index (χ0) is 37.1. The molecule has 0 bridgehead atoms. The Morgan fingerprint density at radius 2 is 1.29 bits per heavy atom. The highest BCUT2D eigenvalue weighted by atomic mass is 32.2. The van der Waals surface area contributed by atoms with Crippen LogP contribution >= 0.6 is 0 Å². The van der Waals surface area contributed by atoms with Crippen molar-refractivity contribution in [2.24, 2.45) is 20.5 Å². The highest BCUT2D eigenvalue weighted by Crippen LogP contribution is 2.33. The summed E-state index contributed by atoms with van der Waals surface area (Å²) in [5.74, 6) is 0.230. The molecule has 17 nitrogen and oxygen atoms in total. The van der Waals surface area contributed by atoms with Gasteiger partial charge < -0.3 is 15.4 Å². The van der Waals surface area contributed by atoms with Gasteiger partial charge in [-0.1, -0.05) is 18.2 Å². The van der Waals surface area contributed by atoms with Gasteiger partial charge in [0.05, 0.1) is 45.3 Å². The molecule has 0 unspecified atom stereocenters. The Bertz CT molecular complexity index is 2590. The van der Waals surface area contributed by atoms with Crippen molar-refractivity contribution in [3.05, 3.63) is 96.6 Å². The molecule has 0 spiro atoms. The van der Waals surface area contributed by atoms with Gasteiger partial charge in [0.25, 0.3) is 30.4 Å². The van der Waals surface area contributed by atoms with Crippen LogP contribution in [0.3, 0.4) is 0 Å². The quantitative estimate of drug-likeness (QED) is 0.0694. The number of methoxy groups -OCH3 is 1. The number of carbonyl (C=O) groups excluding carboxylic acids is 1. The van der Waals surface area contributed by atoms with Crippen LogP contribution in [-0.4, -0.2) is 52.1 Å². The molecule has 5 aromatic carbocycles. The molecule has 0 heterocycles. The second-order valence-corrected chi connectivity index (χ2v) is 14.8. The number of nitrogens with one attached hydrogen (secondary N) is 2. The molecule has 51 heavy (non-hydrogen) atoms. The molecule has 2 amide bonds. The highest BCUT2D eigenvalue weighted by Gasteiger charge is 2.21. The van der Waals surface area contributed by atoms with Crippen LogP contribution in [0, 0.1) is 6.92 Å². The summed E-state index contributed by atoms with van der Waals surface area (Å²) in [4.78, 5) is 11.1. The van der Waals surface area contributed by atoms with Crippen LogP contribution in [0.1, 0.15) is 5.56 Å². The number of urea groups is 1. The molecule has 264 valence electrons. The molecule has 0 atom stereocenters. The third-order valence-corrected chi connectivity index (χ3v) is 9.59. The number of carbonyl (C=O) groups is 1. The molecular formula is C31H26N6O11S3. The Morgan fingerprint density at radius 1 is 0.647 bits per heavy atom. The number of ether oxygens (including phenoxy) is 1. The van der Waals surface area contributed by atoms with E-state index in [1.807, 2.05) is 0 Å². The fourth-order valence-corrected chi connectivity index (χ4v) is 6.44. The fourth-order valence-electron chi connectivity index (χ4n) is 4.57. The van der Waals surface area contributed by atoms with E-state index < -0.39 is 46.2 Å². The monoisotopic (exact) mass is 754 g/mol. The van der Waals surface area contributed by atoms with Gasteiger partial charge in [0.1, 0.15) is 10.6 Å². The zero-order valence-electron chi connectivity index (χ0n) is 26.3. The topological polar surface area (TPSA) is 263 Å². The standard InChI is InChI=1S/C31H26N6O11S3/c1-18-6-8-20(15-28(18)37-36-22-9-7-19-12-25(50(42,43)44)17-30(26(19)14-22)51(45,46)47)32-31(38)33-27-11-10-23(16-29(27)48-2)35-34-21-4-3-5-24(13-21)49(39,40)41/h3-17H,1-2H3,(H2,32,33,38)(H,39,40,41)(H,42,43,44)(H,45,46,47). The van der Waals surface area contributed by atoms with Crippen LogP contribution in [0.5, 0.6) is 5.75 Å². The molecule has 0 aromatic heterocycles. The maximum atomic E-state index is 12.9. The van der Waals surface area contributed by atoms with E-state index in [9.17, 15) is 43.7 Å². The fraction of sp³-hybridized carbons (Fsp3) is 0.0645. The van der Waals surface area contributed by atoms with Crippen molar-refractivity contribution in [2.45, 2.75) is 21.6 Å². The van der Waals surface area contributed by atoms with Gasteiger partial charge in [-0.05, 0) is 84.6 Å². The van der Waals surface area contributed by atoms with E-state index in [2.05, 4.69) is 31.1 Å². The van der Waals surface area contributed by atoms with Gasteiger partial charge in [-0.2, -0.15) is 45.7 Å². The number of rotatable bonds is 10. The predicted molar refractivity (Wildman–Crippen MR) is 185 cm³/mol. The number of hydrogen-bond acceptors (Lipinski definition) is 12. The lowest BCUT2D eigenvalue weighted by molar-refractivity contribution is 0.262. The Balaban J connectivity index is 1.32. The smallest absolute Gasteiger partial charge is 0.323 e. The van der Waals surface area contributed by atoms with Gasteiger partial charge in [-0.25, -0.2) is 4.79 Å². The molecule has 0 aliphatic carbocycles. The predicted octanol–water partition coefficient (Wildman–Crippen LogP) is 7.37. The molecule has 0 aliphatic rings. The molecule has 5 rings (SSSR count). The number of azo groups is 2. The molecular weight excluding hydrogens is 729 g/mol. The van der Waals surface area contributed by atoms with Gasteiger partial charge >= 0.3 is 6.03 Å². The van der Waals surface area contributed by atoms with Crippen LogP contribution in [0.25, 0.3) is 10.8 Å².